The number of nitrogens with one attached hydrogen (secondary N) is 1. The number of amides is 1. The van der Waals surface area contributed by atoms with Crippen LogP contribution in [0.15, 0.2) is 41.9 Å². The van der Waals surface area contributed by atoms with Gasteiger partial charge in [-0.25, -0.2) is 9.37 Å². The Morgan fingerprint density at radius 3 is 2.59 bits per heavy atom. The number of nitrogens with two attached hydrogens (primary N) is 1. The van der Waals surface area contributed by atoms with Crippen molar-refractivity contribution in [2.45, 2.75) is 19.4 Å². The number of carbonyl (C=O) groups excluding carboxylic acids is 1. The molecule has 0 fully saturated rings. The molecular formula is C17H23FN6O2S. The van der Waals surface area contributed by atoms with Crippen LogP contribution in [0.2, 0.25) is 0 Å². The van der Waals surface area contributed by atoms with Gasteiger partial charge in [0.05, 0.1) is 31.2 Å². The number of carbonyl (C=O) groups is 1. The number of halogens is 1. The van der Waals surface area contributed by atoms with Crippen LogP contribution >= 0.6 is 11.8 Å². The summed E-state index contributed by atoms with van der Waals surface area (Å²) < 4.78 is 16.7. The third-order valence-corrected chi connectivity index (χ3v) is 3.90. The minimum Gasteiger partial charge on any atom is -0.480 e. The number of hydrogen-bond donors (Lipinski definition) is 2. The second-order valence-electron chi connectivity index (χ2n) is 5.11. The summed E-state index contributed by atoms with van der Waals surface area (Å²) in [6, 6.07) is 3.27. The number of aryl methyl sites for hydroxylation is 1. The first-order valence-corrected chi connectivity index (χ1v) is 9.02. The van der Waals surface area contributed by atoms with Crippen molar-refractivity contribution in [3.05, 3.63) is 42.6 Å². The lowest BCUT2D eigenvalue weighted by Gasteiger charge is -2.13. The summed E-state index contributed by atoms with van der Waals surface area (Å²) in [5, 5.41) is 3.02. The fourth-order valence-electron chi connectivity index (χ4n) is 1.70. The molecule has 0 saturated heterocycles. The van der Waals surface area contributed by atoms with Gasteiger partial charge in [0.25, 0.3) is 0 Å². The van der Waals surface area contributed by atoms with Crippen LogP contribution in [0.1, 0.15) is 12.1 Å². The number of ether oxygens (including phenoxy) is 1. The lowest BCUT2D eigenvalue weighted by molar-refractivity contribution is -0.105. The zero-order chi connectivity index (χ0) is 19.9. The molecule has 0 bridgehead atoms. The van der Waals surface area contributed by atoms with E-state index in [1.165, 1.54) is 11.8 Å². The molecule has 1 amide bonds. The van der Waals surface area contributed by atoms with E-state index in [1.54, 1.807) is 44.0 Å². The van der Waals surface area contributed by atoms with Crippen molar-refractivity contribution in [2.24, 2.45) is 10.7 Å². The van der Waals surface area contributed by atoms with E-state index in [9.17, 15) is 9.18 Å². The Morgan fingerprint density at radius 2 is 2.11 bits per heavy atom. The molecule has 0 aliphatic carbocycles. The number of nitrogens with zero attached hydrogens (tertiary/aromatic N) is 4. The second kappa shape index (κ2) is 13.5. The second-order valence-corrected chi connectivity index (χ2v) is 6.23. The molecule has 3 heterocycles. The van der Waals surface area contributed by atoms with E-state index >= 15 is 0 Å². The summed E-state index contributed by atoms with van der Waals surface area (Å²) in [5.41, 5.74) is 7.01. The average Bonchev–Trinajstić information content (AvgIpc) is 2.71. The van der Waals surface area contributed by atoms with Crippen LogP contribution in [0, 0.1) is 6.92 Å². The maximum atomic E-state index is 11.9. The highest BCUT2D eigenvalue weighted by Gasteiger charge is 2.12. The minimum absolute atomic E-state index is 0.161. The minimum atomic E-state index is -0.374. The Bertz CT molecular complexity index is 688. The van der Waals surface area contributed by atoms with Crippen molar-refractivity contribution < 1.29 is 13.9 Å². The van der Waals surface area contributed by atoms with Gasteiger partial charge >= 0.3 is 0 Å². The topological polar surface area (TPSA) is 115 Å². The Kier molecular flexibility index (Phi) is 11.1. The van der Waals surface area contributed by atoms with E-state index < -0.39 is 0 Å². The maximum Gasteiger partial charge on any atom is 0.231 e. The number of anilines is 1. The molecule has 3 rings (SSSR count). The van der Waals surface area contributed by atoms with Crippen molar-refractivity contribution in [3.63, 3.8) is 0 Å². The number of hydrogen-bond acceptors (Lipinski definition) is 8. The molecule has 0 radical (unpaired) electrons. The molecule has 1 atom stereocenters. The van der Waals surface area contributed by atoms with Crippen LogP contribution in [-0.2, 0) is 4.79 Å². The smallest absolute Gasteiger partial charge is 0.231 e. The third kappa shape index (κ3) is 10.1. The van der Waals surface area contributed by atoms with Gasteiger partial charge in [-0.05, 0) is 25.5 Å². The Morgan fingerprint density at radius 1 is 1.37 bits per heavy atom. The number of amidine groups is 1. The molecule has 0 saturated carbocycles. The highest BCUT2D eigenvalue weighted by molar-refractivity contribution is 8.13. The lowest BCUT2D eigenvalue weighted by atomic mass is 10.3. The fourth-order valence-corrected chi connectivity index (χ4v) is 2.52. The van der Waals surface area contributed by atoms with Crippen LogP contribution in [0.3, 0.4) is 0 Å². The van der Waals surface area contributed by atoms with Crippen LogP contribution in [0.4, 0.5) is 10.1 Å². The molecular weight excluding hydrogens is 371 g/mol. The van der Waals surface area contributed by atoms with Crippen LogP contribution in [0.25, 0.3) is 0 Å². The molecule has 8 nitrogen and oxygen atoms in total. The molecule has 0 spiro atoms. The van der Waals surface area contributed by atoms with Gasteiger partial charge in [0, 0.05) is 23.8 Å². The van der Waals surface area contributed by atoms with Crippen LogP contribution in [0.5, 0.6) is 5.88 Å². The molecule has 1 aliphatic rings. The monoisotopic (exact) mass is 394 g/mol. The Labute approximate surface area is 161 Å². The van der Waals surface area contributed by atoms with Gasteiger partial charge in [0.2, 0.25) is 12.3 Å². The summed E-state index contributed by atoms with van der Waals surface area (Å²) in [7, 11) is 1.57. The molecule has 2 aromatic rings. The quantitative estimate of drug-likeness (QED) is 0.764. The number of aliphatic imine (C=N–C) groups is 1. The van der Waals surface area contributed by atoms with Crippen molar-refractivity contribution in [2.75, 3.05) is 24.9 Å². The van der Waals surface area contributed by atoms with Crippen molar-refractivity contribution >= 4 is 29.0 Å². The molecule has 0 unspecified atom stereocenters. The van der Waals surface area contributed by atoms with Gasteiger partial charge in [-0.1, -0.05) is 11.8 Å². The highest BCUT2D eigenvalue weighted by atomic mass is 32.2. The number of methoxy groups -OCH3 is 1. The van der Waals surface area contributed by atoms with Crippen LogP contribution in [-0.4, -0.2) is 52.1 Å². The van der Waals surface area contributed by atoms with Gasteiger partial charge in [0.15, 0.2) is 5.17 Å². The number of alkyl halides is 1. The van der Waals surface area contributed by atoms with Crippen molar-refractivity contribution in [1.29, 1.82) is 0 Å². The highest BCUT2D eigenvalue weighted by Crippen LogP contribution is 2.14. The summed E-state index contributed by atoms with van der Waals surface area (Å²) in [4.78, 5) is 25.4. The van der Waals surface area contributed by atoms with E-state index in [2.05, 4.69) is 25.3 Å². The molecule has 2 aromatic heterocycles. The van der Waals surface area contributed by atoms with Gasteiger partial charge in [-0.15, -0.1) is 0 Å². The van der Waals surface area contributed by atoms with E-state index in [1.807, 2.05) is 6.92 Å². The van der Waals surface area contributed by atoms with Crippen LogP contribution < -0.4 is 15.8 Å². The summed E-state index contributed by atoms with van der Waals surface area (Å²) in [5.74, 6) is 1.46. The summed E-state index contributed by atoms with van der Waals surface area (Å²) in [6.45, 7) is 1.51. The zero-order valence-electron chi connectivity index (χ0n) is 15.2. The number of aromatic nitrogens is 3. The zero-order valence-corrected chi connectivity index (χ0v) is 16.0. The van der Waals surface area contributed by atoms with Gasteiger partial charge in [0.1, 0.15) is 6.67 Å². The summed E-state index contributed by atoms with van der Waals surface area (Å²) in [6.07, 6.45) is 7.95. The Balaban J connectivity index is 0.000000202. The van der Waals surface area contributed by atoms with E-state index in [-0.39, 0.29) is 12.7 Å². The average molecular weight is 394 g/mol. The van der Waals surface area contributed by atoms with Gasteiger partial charge < -0.3 is 15.8 Å². The number of rotatable bonds is 4. The van der Waals surface area contributed by atoms with E-state index in [4.69, 9.17) is 10.5 Å². The standard InChI is InChI=1S/C6H8N2O.C6H6N2O.C5H9FN2S/c1-5-3-8-6(9-2)4-7-5;9-5-8-6-1-3-7-4-2-6;6-3-4-1-2-9-5(7)8-4/h3-4H,1-2H3;1-5H,(H,7,8,9);4H,1-3H2,(H2,7,8)/t;;4-/m..1/s1. The number of pyridine rings is 1. The lowest BCUT2D eigenvalue weighted by Crippen LogP contribution is -2.21. The first-order chi connectivity index (χ1) is 13.1. The van der Waals surface area contributed by atoms with Crippen molar-refractivity contribution in [1.82, 2.24) is 15.0 Å². The SMILES string of the molecule is COc1cnc(C)cn1.NC1=N[C@@H](CF)CCS1.O=CNc1ccncc1. The normalized spacial score (nSPS) is 15.1. The summed E-state index contributed by atoms with van der Waals surface area (Å²) >= 11 is 1.50. The predicted molar refractivity (Wildman–Crippen MR) is 106 cm³/mol. The van der Waals surface area contributed by atoms with Gasteiger partial charge in [-0.2, -0.15) is 0 Å². The largest absolute Gasteiger partial charge is 0.480 e. The predicted octanol–water partition coefficient (Wildman–Crippen LogP) is 2.22. The molecule has 1 aliphatic heterocycles. The Hall–Kier alpha value is -2.75. The first-order valence-electron chi connectivity index (χ1n) is 8.04. The van der Waals surface area contributed by atoms with E-state index in [0.29, 0.717) is 17.5 Å². The molecule has 3 N–H and O–H groups in total. The molecule has 10 heteroatoms. The van der Waals surface area contributed by atoms with E-state index in [0.717, 1.165) is 23.6 Å². The molecule has 146 valence electrons. The maximum absolute atomic E-state index is 11.9. The first kappa shape index (κ1) is 22.3. The fraction of sp³-hybridized carbons (Fsp3) is 0.353. The third-order valence-electron chi connectivity index (χ3n) is 3.06. The van der Waals surface area contributed by atoms with Gasteiger partial charge in [-0.3, -0.25) is 19.8 Å². The van der Waals surface area contributed by atoms with Crippen molar-refractivity contribution in [3.8, 4) is 5.88 Å². The number of thioether (sulfide) groups is 1. The molecule has 27 heavy (non-hydrogen) atoms. The molecule has 0 aromatic carbocycles.